The molecule has 42 heavy (non-hydrogen) atoms. The molecule has 0 aliphatic rings. The summed E-state index contributed by atoms with van der Waals surface area (Å²) in [5, 5.41) is 6.24. The van der Waals surface area contributed by atoms with Crippen LogP contribution < -0.4 is 4.90 Å². The molecule has 0 bridgehead atoms. The minimum Gasteiger partial charge on any atom is -0.310 e. The van der Waals surface area contributed by atoms with Crippen LogP contribution in [-0.2, 0) is 0 Å². The van der Waals surface area contributed by atoms with Crippen molar-refractivity contribution in [2.24, 2.45) is 0 Å². The van der Waals surface area contributed by atoms with Crippen molar-refractivity contribution in [2.75, 3.05) is 4.90 Å². The lowest BCUT2D eigenvalue weighted by Gasteiger charge is -2.25. The number of thiazole rings is 1. The molecule has 0 unspecified atom stereocenters. The van der Waals surface area contributed by atoms with Gasteiger partial charge in [-0.25, -0.2) is 4.98 Å². The van der Waals surface area contributed by atoms with Gasteiger partial charge in [0.2, 0.25) is 0 Å². The van der Waals surface area contributed by atoms with Gasteiger partial charge in [0.25, 0.3) is 0 Å². The van der Waals surface area contributed by atoms with Gasteiger partial charge in [0.1, 0.15) is 5.01 Å². The van der Waals surface area contributed by atoms with Crippen LogP contribution in [0.3, 0.4) is 0 Å². The maximum Gasteiger partial charge on any atom is 0.124 e. The number of benzene rings is 6. The predicted molar refractivity (Wildman–Crippen MR) is 186 cm³/mol. The van der Waals surface area contributed by atoms with E-state index in [2.05, 4.69) is 138 Å². The van der Waals surface area contributed by atoms with Crippen LogP contribution in [0.5, 0.6) is 0 Å². The number of aromatic nitrogens is 1. The molecule has 9 rings (SSSR count). The maximum atomic E-state index is 5.15. The molecule has 0 saturated heterocycles. The summed E-state index contributed by atoms with van der Waals surface area (Å²) >= 11 is 5.48. The summed E-state index contributed by atoms with van der Waals surface area (Å²) in [7, 11) is 0. The molecule has 0 saturated carbocycles. The normalized spacial score (nSPS) is 11.8. The fourth-order valence-electron chi connectivity index (χ4n) is 5.96. The molecule has 0 aliphatic heterocycles. The van der Waals surface area contributed by atoms with Gasteiger partial charge in [-0.1, -0.05) is 78.9 Å². The van der Waals surface area contributed by atoms with Crippen molar-refractivity contribution < 1.29 is 0 Å². The molecule has 3 heterocycles. The monoisotopic (exact) mass is 590 g/mol. The quantitative estimate of drug-likeness (QED) is 0.203. The van der Waals surface area contributed by atoms with E-state index in [1.54, 1.807) is 11.3 Å². The Morgan fingerprint density at radius 3 is 1.86 bits per heavy atom. The molecule has 6 aromatic carbocycles. The van der Waals surface area contributed by atoms with Gasteiger partial charge in [0.05, 0.1) is 10.2 Å². The summed E-state index contributed by atoms with van der Waals surface area (Å²) in [6, 6.07) is 48.1. The zero-order chi connectivity index (χ0) is 27.6. The highest BCUT2D eigenvalue weighted by molar-refractivity contribution is 7.27. The van der Waals surface area contributed by atoms with Gasteiger partial charge in [-0.05, 0) is 54.6 Å². The molecule has 0 atom stereocenters. The fourth-order valence-corrected chi connectivity index (χ4v) is 9.22. The van der Waals surface area contributed by atoms with Gasteiger partial charge in [-0.15, -0.1) is 34.0 Å². The minimum absolute atomic E-state index is 1.07. The summed E-state index contributed by atoms with van der Waals surface area (Å²) in [5.74, 6) is 0. The first kappa shape index (κ1) is 24.1. The first-order valence-electron chi connectivity index (χ1n) is 13.9. The highest BCUT2D eigenvalue weighted by Gasteiger charge is 2.18. The standard InChI is InChI=1S/C37H22N2S3/c1-3-9-23(10-4-1)37-38-36-32(42-37)20-19-31-35(36)29-18-16-26(22-34(29)41-31)39(24-11-5-2-6-12-24)25-15-17-28-27-13-7-8-14-30(27)40-33(28)21-25/h1-22H. The number of fused-ring (bicyclic) bond motifs is 8. The van der Waals surface area contributed by atoms with Gasteiger partial charge >= 0.3 is 0 Å². The topological polar surface area (TPSA) is 16.1 Å². The number of rotatable bonds is 4. The largest absolute Gasteiger partial charge is 0.310 e. The highest BCUT2D eigenvalue weighted by atomic mass is 32.1. The molecule has 0 N–H and O–H groups in total. The number of hydrogen-bond acceptors (Lipinski definition) is 5. The van der Waals surface area contributed by atoms with E-state index >= 15 is 0 Å². The van der Waals surface area contributed by atoms with Gasteiger partial charge in [-0.3, -0.25) is 0 Å². The molecule has 0 amide bonds. The molecular weight excluding hydrogens is 569 g/mol. The third kappa shape index (κ3) is 3.78. The molecular formula is C37H22N2S3. The lowest BCUT2D eigenvalue weighted by molar-refractivity contribution is 1.30. The van der Waals surface area contributed by atoms with Crippen molar-refractivity contribution in [1.29, 1.82) is 0 Å². The van der Waals surface area contributed by atoms with Crippen LogP contribution in [-0.4, -0.2) is 4.98 Å². The first-order chi connectivity index (χ1) is 20.8. The molecule has 9 aromatic rings. The molecule has 0 radical (unpaired) electrons. The first-order valence-corrected chi connectivity index (χ1v) is 16.3. The fraction of sp³-hybridized carbons (Fsp3) is 0. The van der Waals surface area contributed by atoms with Crippen molar-refractivity contribution in [3.8, 4) is 10.6 Å². The third-order valence-corrected chi connectivity index (χ3v) is 11.2. The van der Waals surface area contributed by atoms with E-state index in [9.17, 15) is 0 Å². The van der Waals surface area contributed by atoms with E-state index in [0.29, 0.717) is 0 Å². The molecule has 0 aliphatic carbocycles. The number of anilines is 3. The molecule has 3 aromatic heterocycles. The van der Waals surface area contributed by atoms with Gasteiger partial charge in [0, 0.05) is 63.0 Å². The zero-order valence-corrected chi connectivity index (χ0v) is 24.8. The van der Waals surface area contributed by atoms with Crippen molar-refractivity contribution in [1.82, 2.24) is 4.98 Å². The van der Waals surface area contributed by atoms with Crippen LogP contribution in [0.25, 0.3) is 61.1 Å². The van der Waals surface area contributed by atoms with E-state index in [-0.39, 0.29) is 0 Å². The Hall–Kier alpha value is -4.55. The summed E-state index contributed by atoms with van der Waals surface area (Å²) in [4.78, 5) is 7.52. The number of thiophene rings is 2. The van der Waals surface area contributed by atoms with Crippen molar-refractivity contribution in [3.05, 3.63) is 133 Å². The van der Waals surface area contributed by atoms with Gasteiger partial charge in [0.15, 0.2) is 0 Å². The molecule has 0 fully saturated rings. The Balaban J connectivity index is 1.22. The van der Waals surface area contributed by atoms with Crippen LogP contribution >= 0.6 is 34.0 Å². The SMILES string of the molecule is c1ccc(-c2nc3c(ccc4sc5cc(N(c6ccccc6)c6ccc7c(c6)sc6ccccc67)ccc5c43)s2)cc1. The van der Waals surface area contributed by atoms with Gasteiger partial charge in [-0.2, -0.15) is 0 Å². The number of para-hydroxylation sites is 1. The van der Waals surface area contributed by atoms with Crippen LogP contribution in [0.15, 0.2) is 133 Å². The Morgan fingerprint density at radius 1 is 0.429 bits per heavy atom. The Labute approximate surface area is 254 Å². The lowest BCUT2D eigenvalue weighted by Crippen LogP contribution is -2.09. The molecule has 198 valence electrons. The van der Waals surface area contributed by atoms with Crippen LogP contribution in [0, 0.1) is 0 Å². The van der Waals surface area contributed by atoms with E-state index in [0.717, 1.165) is 27.6 Å². The zero-order valence-electron chi connectivity index (χ0n) is 22.3. The second-order valence-corrected chi connectivity index (χ2v) is 13.6. The second kappa shape index (κ2) is 9.50. The van der Waals surface area contributed by atoms with Crippen molar-refractivity contribution >= 4 is 102 Å². The molecule has 2 nitrogen and oxygen atoms in total. The van der Waals surface area contributed by atoms with Crippen LogP contribution in [0.4, 0.5) is 17.1 Å². The average Bonchev–Trinajstić information content (AvgIpc) is 3.74. The Morgan fingerprint density at radius 2 is 1.05 bits per heavy atom. The summed E-state index contributed by atoms with van der Waals surface area (Å²) < 4.78 is 6.41. The molecule has 0 spiro atoms. The lowest BCUT2D eigenvalue weighted by atomic mass is 10.1. The minimum atomic E-state index is 1.07. The third-order valence-electron chi connectivity index (χ3n) is 7.89. The van der Waals surface area contributed by atoms with E-state index in [1.165, 1.54) is 50.6 Å². The smallest absolute Gasteiger partial charge is 0.124 e. The summed E-state index contributed by atoms with van der Waals surface area (Å²) in [6.45, 7) is 0. The van der Waals surface area contributed by atoms with E-state index < -0.39 is 0 Å². The van der Waals surface area contributed by atoms with E-state index in [4.69, 9.17) is 4.98 Å². The molecule has 5 heteroatoms. The maximum absolute atomic E-state index is 5.15. The van der Waals surface area contributed by atoms with E-state index in [1.807, 2.05) is 22.7 Å². The van der Waals surface area contributed by atoms with Gasteiger partial charge < -0.3 is 4.90 Å². The average molecular weight is 591 g/mol. The highest BCUT2D eigenvalue weighted by Crippen LogP contribution is 2.45. The van der Waals surface area contributed by atoms with Crippen molar-refractivity contribution in [3.63, 3.8) is 0 Å². The van der Waals surface area contributed by atoms with Crippen molar-refractivity contribution in [2.45, 2.75) is 0 Å². The summed E-state index contributed by atoms with van der Waals surface area (Å²) in [5.41, 5.74) is 5.73. The number of hydrogen-bond donors (Lipinski definition) is 0. The van der Waals surface area contributed by atoms with Crippen LogP contribution in [0.2, 0.25) is 0 Å². The van der Waals surface area contributed by atoms with Crippen LogP contribution in [0.1, 0.15) is 0 Å². The Kier molecular flexibility index (Phi) is 5.45. The summed E-state index contributed by atoms with van der Waals surface area (Å²) in [6.07, 6.45) is 0. The Bertz CT molecular complexity index is 2420. The second-order valence-electron chi connectivity index (χ2n) is 10.4. The predicted octanol–water partition coefficient (Wildman–Crippen LogP) is 12.2. The number of nitrogens with zero attached hydrogens (tertiary/aromatic N) is 2.